The van der Waals surface area contributed by atoms with Gasteiger partial charge in [-0.15, -0.1) is 11.3 Å². The van der Waals surface area contributed by atoms with Crippen LogP contribution in [0.25, 0.3) is 10.1 Å². The Labute approximate surface area is 105 Å². The first-order chi connectivity index (χ1) is 8.19. The van der Waals surface area contributed by atoms with Crippen LogP contribution >= 0.6 is 11.3 Å². The van der Waals surface area contributed by atoms with Crippen LogP contribution in [0, 0.1) is 0 Å². The first kappa shape index (κ1) is 11.2. The Morgan fingerprint density at radius 2 is 2.24 bits per heavy atom. The van der Waals surface area contributed by atoms with E-state index in [1.165, 1.54) is 10.1 Å². The minimum atomic E-state index is -0.669. The lowest BCUT2D eigenvalue weighted by atomic mass is 9.85. The molecule has 3 heteroatoms. The van der Waals surface area contributed by atoms with Crippen LogP contribution < -0.4 is 0 Å². The number of nitrogens with zero attached hydrogens (tertiary/aromatic N) is 1. The normalized spacial score (nSPS) is 26.5. The number of β-amino-alcohol motifs (C(OH)–C–C–N with tert-alkyl or cyclic N) is 1. The number of aliphatic hydroxyl groups is 1. The summed E-state index contributed by atoms with van der Waals surface area (Å²) in [5.41, 5.74) is 0.439. The van der Waals surface area contributed by atoms with Crippen LogP contribution in [0.1, 0.15) is 18.4 Å². The van der Waals surface area contributed by atoms with E-state index in [1.54, 1.807) is 11.3 Å². The van der Waals surface area contributed by atoms with Crippen molar-refractivity contribution >= 4 is 21.4 Å². The predicted octanol–water partition coefficient (Wildman–Crippen LogP) is 2.81. The number of likely N-dealkylation sites (N-methyl/N-ethyl adjacent to an activating group) is 1. The zero-order valence-corrected chi connectivity index (χ0v) is 10.8. The molecule has 0 aliphatic carbocycles. The number of hydrogen-bond acceptors (Lipinski definition) is 3. The highest BCUT2D eigenvalue weighted by Gasteiger charge is 2.35. The van der Waals surface area contributed by atoms with Gasteiger partial charge < -0.3 is 10.0 Å². The highest BCUT2D eigenvalue weighted by molar-refractivity contribution is 7.17. The van der Waals surface area contributed by atoms with Gasteiger partial charge in [-0.3, -0.25) is 0 Å². The van der Waals surface area contributed by atoms with E-state index in [1.807, 2.05) is 0 Å². The van der Waals surface area contributed by atoms with E-state index >= 15 is 0 Å². The Bertz CT molecular complexity index is 536. The van der Waals surface area contributed by atoms with E-state index in [2.05, 4.69) is 41.6 Å². The highest BCUT2D eigenvalue weighted by atomic mass is 32.1. The number of piperidine rings is 1. The second-order valence-electron chi connectivity index (χ2n) is 5.02. The van der Waals surface area contributed by atoms with Crippen LogP contribution in [-0.2, 0) is 5.60 Å². The van der Waals surface area contributed by atoms with E-state index in [9.17, 15) is 5.11 Å². The Balaban J connectivity index is 2.10. The van der Waals surface area contributed by atoms with Gasteiger partial charge in [-0.05, 0) is 43.3 Å². The van der Waals surface area contributed by atoms with Gasteiger partial charge in [-0.1, -0.05) is 18.2 Å². The largest absolute Gasteiger partial charge is 0.384 e. The molecule has 2 nitrogen and oxygen atoms in total. The molecule has 0 amide bonds. The van der Waals surface area contributed by atoms with Crippen molar-refractivity contribution in [2.24, 2.45) is 0 Å². The molecule has 90 valence electrons. The molecule has 3 rings (SSSR count). The summed E-state index contributed by atoms with van der Waals surface area (Å²) in [6.07, 6.45) is 1.93. The number of thiophene rings is 1. The molecule has 1 saturated heterocycles. The van der Waals surface area contributed by atoms with Crippen LogP contribution in [0.2, 0.25) is 0 Å². The summed E-state index contributed by atoms with van der Waals surface area (Å²) in [6.45, 7) is 1.83. The molecule has 0 radical (unpaired) electrons. The molecule has 2 aromatic rings. The zero-order chi connectivity index (χ0) is 11.9. The van der Waals surface area contributed by atoms with E-state index in [0.29, 0.717) is 0 Å². The van der Waals surface area contributed by atoms with Crippen LogP contribution in [0.5, 0.6) is 0 Å². The lowest BCUT2D eigenvalue weighted by Gasteiger charge is -2.38. The molecule has 0 saturated carbocycles. The molecule has 1 N–H and O–H groups in total. The molecule has 17 heavy (non-hydrogen) atoms. The van der Waals surface area contributed by atoms with Gasteiger partial charge in [0, 0.05) is 16.8 Å². The number of benzene rings is 1. The second-order valence-corrected chi connectivity index (χ2v) is 5.93. The summed E-state index contributed by atoms with van der Waals surface area (Å²) in [5, 5.41) is 14.2. The Kier molecular flexibility index (Phi) is 2.69. The van der Waals surface area contributed by atoms with Gasteiger partial charge >= 0.3 is 0 Å². The number of likely N-dealkylation sites (tertiary alicyclic amines) is 1. The molecular formula is C14H17NOS. The van der Waals surface area contributed by atoms with E-state index in [-0.39, 0.29) is 0 Å². The fourth-order valence-electron chi connectivity index (χ4n) is 2.83. The summed E-state index contributed by atoms with van der Waals surface area (Å²) in [5.74, 6) is 0. The van der Waals surface area contributed by atoms with Crippen molar-refractivity contribution in [2.45, 2.75) is 18.4 Å². The SMILES string of the molecule is CN1CCCC(O)(c2cccc3ccsc23)C1. The zero-order valence-electron chi connectivity index (χ0n) is 10.0. The molecule has 2 heterocycles. The number of hydrogen-bond donors (Lipinski definition) is 1. The van der Waals surface area contributed by atoms with Crippen LogP contribution in [-0.4, -0.2) is 30.1 Å². The fourth-order valence-corrected chi connectivity index (χ4v) is 3.83. The van der Waals surface area contributed by atoms with E-state index in [0.717, 1.165) is 31.5 Å². The Hall–Kier alpha value is -0.900. The molecule has 1 unspecified atom stereocenters. The van der Waals surface area contributed by atoms with Gasteiger partial charge in [0.25, 0.3) is 0 Å². The highest BCUT2D eigenvalue weighted by Crippen LogP contribution is 2.37. The summed E-state index contributed by atoms with van der Waals surface area (Å²) < 4.78 is 1.24. The summed E-state index contributed by atoms with van der Waals surface area (Å²) in [7, 11) is 2.08. The first-order valence-corrected chi connectivity index (χ1v) is 6.95. The van der Waals surface area contributed by atoms with Crippen molar-refractivity contribution in [3.63, 3.8) is 0 Å². The predicted molar refractivity (Wildman–Crippen MR) is 72.5 cm³/mol. The molecule has 1 atom stereocenters. The number of fused-ring (bicyclic) bond motifs is 1. The van der Waals surface area contributed by atoms with Gasteiger partial charge in [0.05, 0.1) is 0 Å². The maximum Gasteiger partial charge on any atom is 0.104 e. The van der Waals surface area contributed by atoms with Crippen molar-refractivity contribution in [1.29, 1.82) is 0 Å². The van der Waals surface area contributed by atoms with Crippen molar-refractivity contribution < 1.29 is 5.11 Å². The Morgan fingerprint density at radius 3 is 3.06 bits per heavy atom. The van der Waals surface area contributed by atoms with E-state index in [4.69, 9.17) is 0 Å². The average Bonchev–Trinajstić information content (AvgIpc) is 2.76. The average molecular weight is 247 g/mol. The molecule has 1 aromatic carbocycles. The maximum absolute atomic E-state index is 10.9. The van der Waals surface area contributed by atoms with Crippen molar-refractivity contribution in [3.8, 4) is 0 Å². The smallest absolute Gasteiger partial charge is 0.104 e. The topological polar surface area (TPSA) is 23.5 Å². The van der Waals surface area contributed by atoms with Gasteiger partial charge in [0.2, 0.25) is 0 Å². The van der Waals surface area contributed by atoms with Gasteiger partial charge in [-0.25, -0.2) is 0 Å². The minimum absolute atomic E-state index is 0.669. The quantitative estimate of drug-likeness (QED) is 0.837. The second kappa shape index (κ2) is 4.09. The molecule has 1 aromatic heterocycles. The van der Waals surface area contributed by atoms with Crippen LogP contribution in [0.15, 0.2) is 29.6 Å². The van der Waals surface area contributed by atoms with Crippen molar-refractivity contribution in [1.82, 2.24) is 4.90 Å². The third-order valence-electron chi connectivity index (χ3n) is 3.64. The third kappa shape index (κ3) is 1.88. The summed E-state index contributed by atoms with van der Waals surface area (Å²) in [6, 6.07) is 8.37. The molecular weight excluding hydrogens is 230 g/mol. The Morgan fingerprint density at radius 1 is 1.35 bits per heavy atom. The molecule has 1 aliphatic rings. The van der Waals surface area contributed by atoms with E-state index < -0.39 is 5.60 Å². The summed E-state index contributed by atoms with van der Waals surface area (Å²) >= 11 is 1.73. The molecule has 0 bridgehead atoms. The molecule has 1 fully saturated rings. The number of rotatable bonds is 1. The maximum atomic E-state index is 10.9. The third-order valence-corrected chi connectivity index (χ3v) is 4.61. The lowest BCUT2D eigenvalue weighted by molar-refractivity contribution is -0.0264. The fraction of sp³-hybridized carbons (Fsp3) is 0.429. The summed E-state index contributed by atoms with van der Waals surface area (Å²) in [4.78, 5) is 2.22. The molecule has 1 aliphatic heterocycles. The van der Waals surface area contributed by atoms with Crippen molar-refractivity contribution in [2.75, 3.05) is 20.1 Å². The van der Waals surface area contributed by atoms with Crippen LogP contribution in [0.4, 0.5) is 0 Å². The van der Waals surface area contributed by atoms with Gasteiger partial charge in [0.1, 0.15) is 5.60 Å². The minimum Gasteiger partial charge on any atom is -0.384 e. The van der Waals surface area contributed by atoms with Crippen LogP contribution in [0.3, 0.4) is 0 Å². The standard InChI is InChI=1S/C14H17NOS/c1-15-8-3-7-14(16,10-15)12-5-2-4-11-6-9-17-13(11)12/h2,4-6,9,16H,3,7-8,10H2,1H3. The van der Waals surface area contributed by atoms with Gasteiger partial charge in [0.15, 0.2) is 0 Å². The van der Waals surface area contributed by atoms with Gasteiger partial charge in [-0.2, -0.15) is 0 Å². The monoisotopic (exact) mass is 247 g/mol. The lowest BCUT2D eigenvalue weighted by Crippen LogP contribution is -2.44. The first-order valence-electron chi connectivity index (χ1n) is 6.07. The van der Waals surface area contributed by atoms with Crippen molar-refractivity contribution in [3.05, 3.63) is 35.2 Å². The molecule has 0 spiro atoms.